The molecule has 8 nitrogen and oxygen atoms in total. The van der Waals surface area contributed by atoms with Crippen molar-refractivity contribution in [1.82, 2.24) is 16.0 Å². The first kappa shape index (κ1) is 15.9. The number of carbonyl (C=O) groups excluding carboxylic acids is 3. The summed E-state index contributed by atoms with van der Waals surface area (Å²) in [5.41, 5.74) is 6.02. The van der Waals surface area contributed by atoms with Gasteiger partial charge in [0.2, 0.25) is 0 Å². The van der Waals surface area contributed by atoms with Gasteiger partial charge in [0, 0.05) is 6.04 Å². The molecule has 1 aliphatic heterocycles. The van der Waals surface area contributed by atoms with Crippen LogP contribution in [0.3, 0.4) is 0 Å². The Morgan fingerprint density at radius 1 is 1.36 bits per heavy atom. The average Bonchev–Trinajstić information content (AvgIpc) is 2.50. The highest BCUT2D eigenvalue weighted by Gasteiger charge is 2.31. The van der Waals surface area contributed by atoms with Crippen molar-refractivity contribution < 1.29 is 19.1 Å². The third-order valence-electron chi connectivity index (χ3n) is 3.87. The third-order valence-corrected chi connectivity index (χ3v) is 3.87. The normalized spacial score (nSPS) is 25.1. The minimum atomic E-state index is -0.555. The van der Waals surface area contributed by atoms with Gasteiger partial charge >= 0.3 is 12.0 Å². The summed E-state index contributed by atoms with van der Waals surface area (Å²) in [5, 5.41) is 7.55. The number of urea groups is 1. The molecule has 0 aromatic carbocycles. The zero-order chi connectivity index (χ0) is 16.3. The number of hydrogen-bond donors (Lipinski definition) is 4. The lowest BCUT2D eigenvalue weighted by atomic mass is 9.85. The van der Waals surface area contributed by atoms with Gasteiger partial charge in [0.1, 0.15) is 5.70 Å². The number of amides is 3. The Morgan fingerprint density at radius 2 is 2.09 bits per heavy atom. The van der Waals surface area contributed by atoms with Crippen LogP contribution in [0.4, 0.5) is 4.79 Å². The molecule has 2 unspecified atom stereocenters. The van der Waals surface area contributed by atoms with Crippen molar-refractivity contribution >= 4 is 17.9 Å². The number of rotatable bonds is 3. The number of carbonyl (C=O) groups is 3. The maximum absolute atomic E-state index is 12.3. The Hall–Kier alpha value is -2.51. The van der Waals surface area contributed by atoms with Crippen LogP contribution < -0.4 is 21.7 Å². The van der Waals surface area contributed by atoms with Gasteiger partial charge in [0.15, 0.2) is 0 Å². The van der Waals surface area contributed by atoms with Crippen molar-refractivity contribution in [2.75, 3.05) is 7.11 Å². The molecule has 120 valence electrons. The van der Waals surface area contributed by atoms with Crippen LogP contribution in [0.15, 0.2) is 23.7 Å². The summed E-state index contributed by atoms with van der Waals surface area (Å²) < 4.78 is 4.75. The van der Waals surface area contributed by atoms with E-state index in [1.807, 2.05) is 0 Å². The molecule has 5 N–H and O–H groups in total. The molecular formula is C14H20N4O4. The van der Waals surface area contributed by atoms with Crippen LogP contribution in [0.25, 0.3) is 0 Å². The van der Waals surface area contributed by atoms with Crippen molar-refractivity contribution in [3.05, 3.63) is 23.7 Å². The van der Waals surface area contributed by atoms with Gasteiger partial charge in [0.25, 0.3) is 5.91 Å². The first-order chi connectivity index (χ1) is 10.4. The van der Waals surface area contributed by atoms with Gasteiger partial charge in [-0.15, -0.1) is 0 Å². The number of hydrogen-bond acceptors (Lipinski definition) is 5. The molecule has 2 aliphatic rings. The molecule has 3 amide bonds. The Morgan fingerprint density at radius 3 is 2.77 bits per heavy atom. The quantitative estimate of drug-likeness (QED) is 0.539. The van der Waals surface area contributed by atoms with E-state index in [0.717, 1.165) is 19.3 Å². The second-order valence-corrected chi connectivity index (χ2v) is 5.40. The van der Waals surface area contributed by atoms with E-state index in [1.165, 1.54) is 7.11 Å². The molecule has 2 atom stereocenters. The fourth-order valence-corrected chi connectivity index (χ4v) is 2.71. The van der Waals surface area contributed by atoms with Crippen LogP contribution in [-0.4, -0.2) is 31.1 Å². The van der Waals surface area contributed by atoms with E-state index in [0.29, 0.717) is 6.42 Å². The number of ether oxygens (including phenoxy) is 1. The fraction of sp³-hybridized carbons (Fsp3) is 0.500. The second kappa shape index (κ2) is 6.50. The molecule has 2 rings (SSSR count). The largest absolute Gasteiger partial charge is 0.469 e. The van der Waals surface area contributed by atoms with Crippen LogP contribution >= 0.6 is 0 Å². The summed E-state index contributed by atoms with van der Waals surface area (Å²) in [5.74, 6) is -0.960. The number of methoxy groups -OCH3 is 1. The van der Waals surface area contributed by atoms with Crippen molar-refractivity contribution in [3.63, 3.8) is 0 Å². The second-order valence-electron chi connectivity index (χ2n) is 5.40. The van der Waals surface area contributed by atoms with E-state index >= 15 is 0 Å². The predicted octanol–water partition coefficient (Wildman–Crippen LogP) is -0.169. The third kappa shape index (κ3) is 3.38. The summed E-state index contributed by atoms with van der Waals surface area (Å²) in [6.45, 7) is 3.58. The molecule has 1 fully saturated rings. The molecule has 1 saturated carbocycles. The van der Waals surface area contributed by atoms with Crippen LogP contribution in [0.2, 0.25) is 0 Å². The lowest BCUT2D eigenvalue weighted by Crippen LogP contribution is -2.49. The zero-order valence-corrected chi connectivity index (χ0v) is 12.4. The van der Waals surface area contributed by atoms with Gasteiger partial charge in [-0.05, 0) is 19.3 Å². The lowest BCUT2D eigenvalue weighted by Gasteiger charge is -2.29. The highest BCUT2D eigenvalue weighted by Crippen LogP contribution is 2.25. The SMILES string of the molecule is C=C1NC(=O)NC(C(=O)NC2CCCC(C(=O)OC)C2)=C1N. The standard InChI is InChI=1S/C14H20N4O4/c1-7-10(15)11(18-14(21)16-7)12(19)17-9-5-3-4-8(6-9)13(20)22-2/h8-9H,1,3-6,15H2,2H3,(H,17,19)(H2,16,18,21). The highest BCUT2D eigenvalue weighted by molar-refractivity contribution is 6.00. The molecule has 0 spiro atoms. The van der Waals surface area contributed by atoms with E-state index in [1.54, 1.807) is 0 Å². The van der Waals surface area contributed by atoms with Crippen LogP contribution in [0.1, 0.15) is 25.7 Å². The summed E-state index contributed by atoms with van der Waals surface area (Å²) in [4.78, 5) is 35.3. The minimum Gasteiger partial charge on any atom is -0.469 e. The molecule has 1 aliphatic carbocycles. The smallest absolute Gasteiger partial charge is 0.323 e. The predicted molar refractivity (Wildman–Crippen MR) is 77.9 cm³/mol. The van der Waals surface area contributed by atoms with Gasteiger partial charge in [-0.2, -0.15) is 0 Å². The molecule has 0 aromatic rings. The van der Waals surface area contributed by atoms with E-state index in [-0.39, 0.29) is 35.0 Å². The number of esters is 1. The number of nitrogens with two attached hydrogens (primary N) is 1. The van der Waals surface area contributed by atoms with E-state index in [2.05, 4.69) is 22.5 Å². The summed E-state index contributed by atoms with van der Waals surface area (Å²) >= 11 is 0. The van der Waals surface area contributed by atoms with E-state index in [9.17, 15) is 14.4 Å². The van der Waals surface area contributed by atoms with Gasteiger partial charge in [0.05, 0.1) is 24.4 Å². The number of nitrogens with one attached hydrogen (secondary N) is 3. The van der Waals surface area contributed by atoms with Crippen molar-refractivity contribution in [2.24, 2.45) is 11.7 Å². The first-order valence-electron chi connectivity index (χ1n) is 7.08. The Labute approximate surface area is 128 Å². The van der Waals surface area contributed by atoms with Gasteiger partial charge < -0.3 is 26.4 Å². The summed E-state index contributed by atoms with van der Waals surface area (Å²) in [7, 11) is 1.35. The summed E-state index contributed by atoms with van der Waals surface area (Å²) in [6.07, 6.45) is 2.85. The van der Waals surface area contributed by atoms with Crippen molar-refractivity contribution in [3.8, 4) is 0 Å². The molecular weight excluding hydrogens is 288 g/mol. The van der Waals surface area contributed by atoms with Crippen LogP contribution in [-0.2, 0) is 14.3 Å². The average molecular weight is 308 g/mol. The maximum atomic E-state index is 12.3. The molecule has 0 aromatic heterocycles. The molecule has 8 heteroatoms. The summed E-state index contributed by atoms with van der Waals surface area (Å²) in [6, 6.07) is -0.717. The molecule has 22 heavy (non-hydrogen) atoms. The zero-order valence-electron chi connectivity index (χ0n) is 12.4. The maximum Gasteiger partial charge on any atom is 0.323 e. The fourth-order valence-electron chi connectivity index (χ4n) is 2.71. The topological polar surface area (TPSA) is 123 Å². The van der Waals surface area contributed by atoms with E-state index < -0.39 is 11.9 Å². The lowest BCUT2D eigenvalue weighted by molar-refractivity contribution is -0.147. The van der Waals surface area contributed by atoms with E-state index in [4.69, 9.17) is 10.5 Å². The molecule has 1 heterocycles. The van der Waals surface area contributed by atoms with Crippen molar-refractivity contribution in [2.45, 2.75) is 31.7 Å². The minimum absolute atomic E-state index is 0.0195. The Kier molecular flexibility index (Phi) is 4.69. The monoisotopic (exact) mass is 308 g/mol. The van der Waals surface area contributed by atoms with Gasteiger partial charge in [-0.3, -0.25) is 9.59 Å². The highest BCUT2D eigenvalue weighted by atomic mass is 16.5. The van der Waals surface area contributed by atoms with Crippen molar-refractivity contribution in [1.29, 1.82) is 0 Å². The molecule has 0 bridgehead atoms. The first-order valence-corrected chi connectivity index (χ1v) is 7.08. The van der Waals surface area contributed by atoms with Gasteiger partial charge in [-0.1, -0.05) is 13.0 Å². The van der Waals surface area contributed by atoms with Crippen LogP contribution in [0, 0.1) is 5.92 Å². The molecule has 0 radical (unpaired) electrons. The Bertz CT molecular complexity index is 555. The molecule has 0 saturated heterocycles. The Balaban J connectivity index is 2.02. The van der Waals surface area contributed by atoms with Crippen LogP contribution in [0.5, 0.6) is 0 Å². The van der Waals surface area contributed by atoms with Gasteiger partial charge in [-0.25, -0.2) is 4.79 Å².